The minimum atomic E-state index is -0.0174. The molecule has 0 aliphatic carbocycles. The van der Waals surface area contributed by atoms with E-state index >= 15 is 0 Å². The zero-order chi connectivity index (χ0) is 17.1. The Labute approximate surface area is 144 Å². The van der Waals surface area contributed by atoms with Crippen molar-refractivity contribution in [1.82, 2.24) is 9.80 Å². The van der Waals surface area contributed by atoms with Crippen LogP contribution < -0.4 is 0 Å². The first-order valence-corrected chi connectivity index (χ1v) is 9.24. The molecule has 1 aromatic rings. The summed E-state index contributed by atoms with van der Waals surface area (Å²) in [5.74, 6) is 0.204. The van der Waals surface area contributed by atoms with Crippen LogP contribution in [0.3, 0.4) is 0 Å². The van der Waals surface area contributed by atoms with Crippen LogP contribution in [0, 0.1) is 5.92 Å². The third kappa shape index (κ3) is 3.69. The summed E-state index contributed by atoms with van der Waals surface area (Å²) in [4.78, 5) is 29.2. The van der Waals surface area contributed by atoms with Gasteiger partial charge in [0.1, 0.15) is 0 Å². The quantitative estimate of drug-likeness (QED) is 0.797. The van der Waals surface area contributed by atoms with Crippen molar-refractivity contribution in [3.8, 4) is 0 Å². The zero-order valence-electron chi connectivity index (χ0n) is 14.8. The molecule has 1 amide bonds. The maximum absolute atomic E-state index is 12.7. The largest absolute Gasteiger partial charge is 0.339 e. The zero-order valence-corrected chi connectivity index (χ0v) is 14.8. The van der Waals surface area contributed by atoms with Gasteiger partial charge in [-0.15, -0.1) is 0 Å². The smallest absolute Gasteiger partial charge is 0.253 e. The van der Waals surface area contributed by atoms with Gasteiger partial charge in [-0.25, -0.2) is 0 Å². The van der Waals surface area contributed by atoms with Crippen molar-refractivity contribution in [3.05, 3.63) is 35.4 Å². The highest BCUT2D eigenvalue weighted by Crippen LogP contribution is 2.22. The fourth-order valence-electron chi connectivity index (χ4n) is 3.83. The lowest BCUT2D eigenvalue weighted by Crippen LogP contribution is -2.45. The minimum Gasteiger partial charge on any atom is -0.339 e. The maximum Gasteiger partial charge on any atom is 0.253 e. The molecule has 4 nitrogen and oxygen atoms in total. The van der Waals surface area contributed by atoms with Crippen molar-refractivity contribution in [2.45, 2.75) is 45.6 Å². The fraction of sp³-hybridized carbons (Fsp3) is 0.600. The molecule has 0 N–H and O–H groups in total. The van der Waals surface area contributed by atoms with E-state index in [-0.39, 0.29) is 17.6 Å². The summed E-state index contributed by atoms with van der Waals surface area (Å²) in [6.45, 7) is 7.92. The number of amides is 1. The number of hydrogen-bond acceptors (Lipinski definition) is 3. The van der Waals surface area contributed by atoms with Crippen LogP contribution in [0.1, 0.15) is 60.2 Å². The van der Waals surface area contributed by atoms with Crippen LogP contribution in [0.4, 0.5) is 0 Å². The van der Waals surface area contributed by atoms with Crippen LogP contribution in [0.15, 0.2) is 24.3 Å². The molecular formula is C20H28N2O2. The number of hydrogen-bond donors (Lipinski definition) is 0. The molecular weight excluding hydrogens is 300 g/mol. The van der Waals surface area contributed by atoms with Gasteiger partial charge in [0, 0.05) is 36.2 Å². The molecule has 0 atom stereocenters. The second-order valence-electron chi connectivity index (χ2n) is 7.36. The van der Waals surface area contributed by atoms with Crippen LogP contribution in [-0.4, -0.2) is 53.7 Å². The molecule has 4 heteroatoms. The van der Waals surface area contributed by atoms with Crippen molar-refractivity contribution in [3.63, 3.8) is 0 Å². The number of rotatable bonds is 4. The van der Waals surface area contributed by atoms with Gasteiger partial charge >= 0.3 is 0 Å². The SMILES string of the molecule is CC(C)C(=O)c1ccc(C(=O)N2CCC(N3CCCC3)CC2)cc1. The molecule has 0 aromatic heterocycles. The molecule has 0 saturated carbocycles. The molecule has 2 saturated heterocycles. The molecule has 2 fully saturated rings. The van der Waals surface area contributed by atoms with E-state index in [2.05, 4.69) is 4.90 Å². The predicted octanol–water partition coefficient (Wildman–Crippen LogP) is 3.23. The number of carbonyl (C=O) groups is 2. The van der Waals surface area contributed by atoms with Crippen molar-refractivity contribution in [2.24, 2.45) is 5.92 Å². The van der Waals surface area contributed by atoms with E-state index in [0.29, 0.717) is 17.2 Å². The highest BCUT2D eigenvalue weighted by molar-refractivity contribution is 5.99. The molecule has 3 rings (SSSR count). The Hall–Kier alpha value is -1.68. The predicted molar refractivity (Wildman–Crippen MR) is 95.3 cm³/mol. The lowest BCUT2D eigenvalue weighted by molar-refractivity contribution is 0.0644. The average molecular weight is 328 g/mol. The standard InChI is InChI=1S/C20H28N2O2/c1-15(2)19(23)16-5-7-17(8-6-16)20(24)22-13-9-18(10-14-22)21-11-3-4-12-21/h5-8,15,18H,3-4,9-14H2,1-2H3. The molecule has 0 radical (unpaired) electrons. The summed E-state index contributed by atoms with van der Waals surface area (Å²) in [5, 5.41) is 0. The summed E-state index contributed by atoms with van der Waals surface area (Å²) in [6, 6.07) is 7.82. The first-order chi connectivity index (χ1) is 11.6. The number of carbonyl (C=O) groups excluding carboxylic acids is 2. The van der Waals surface area contributed by atoms with Gasteiger partial charge in [-0.3, -0.25) is 9.59 Å². The number of likely N-dealkylation sites (tertiary alicyclic amines) is 2. The van der Waals surface area contributed by atoms with Gasteiger partial charge in [0.2, 0.25) is 0 Å². The molecule has 0 unspecified atom stereocenters. The lowest BCUT2D eigenvalue weighted by atomic mass is 9.99. The average Bonchev–Trinajstić information content (AvgIpc) is 3.15. The Kier molecular flexibility index (Phi) is 5.34. The molecule has 2 aliphatic heterocycles. The van der Waals surface area contributed by atoms with Gasteiger partial charge in [0.15, 0.2) is 5.78 Å². The molecule has 2 aliphatic rings. The summed E-state index contributed by atoms with van der Waals surface area (Å²) in [5.41, 5.74) is 1.38. The number of nitrogens with zero attached hydrogens (tertiary/aromatic N) is 2. The number of Topliss-reactive ketones (excluding diaryl/α,β-unsaturated/α-hetero) is 1. The number of ketones is 1. The summed E-state index contributed by atoms with van der Waals surface area (Å²) >= 11 is 0. The van der Waals surface area contributed by atoms with Crippen LogP contribution in [-0.2, 0) is 0 Å². The second-order valence-corrected chi connectivity index (χ2v) is 7.36. The molecule has 1 aromatic carbocycles. The van der Waals surface area contributed by atoms with E-state index < -0.39 is 0 Å². The van der Waals surface area contributed by atoms with Crippen molar-refractivity contribution < 1.29 is 9.59 Å². The number of benzene rings is 1. The molecule has 24 heavy (non-hydrogen) atoms. The summed E-state index contributed by atoms with van der Waals surface area (Å²) < 4.78 is 0. The highest BCUT2D eigenvalue weighted by atomic mass is 16.2. The minimum absolute atomic E-state index is 0.0174. The highest BCUT2D eigenvalue weighted by Gasteiger charge is 2.28. The van der Waals surface area contributed by atoms with E-state index in [1.54, 1.807) is 24.3 Å². The summed E-state index contributed by atoms with van der Waals surface area (Å²) in [7, 11) is 0. The topological polar surface area (TPSA) is 40.6 Å². The van der Waals surface area contributed by atoms with Crippen molar-refractivity contribution in [1.29, 1.82) is 0 Å². The fourth-order valence-corrected chi connectivity index (χ4v) is 3.83. The molecule has 0 bridgehead atoms. The Bertz CT molecular complexity index is 580. The second kappa shape index (κ2) is 7.47. The molecule has 0 spiro atoms. The van der Waals surface area contributed by atoms with E-state index in [9.17, 15) is 9.59 Å². The van der Waals surface area contributed by atoms with E-state index in [4.69, 9.17) is 0 Å². The van der Waals surface area contributed by atoms with Gasteiger partial charge < -0.3 is 9.80 Å². The Morgan fingerprint density at radius 1 is 0.917 bits per heavy atom. The van der Waals surface area contributed by atoms with Gasteiger partial charge in [0.25, 0.3) is 5.91 Å². The monoisotopic (exact) mass is 328 g/mol. The van der Waals surface area contributed by atoms with Crippen LogP contribution in [0.5, 0.6) is 0 Å². The lowest BCUT2D eigenvalue weighted by Gasteiger charge is -2.36. The van der Waals surface area contributed by atoms with Crippen LogP contribution >= 0.6 is 0 Å². The van der Waals surface area contributed by atoms with Crippen LogP contribution in [0.2, 0.25) is 0 Å². The van der Waals surface area contributed by atoms with Gasteiger partial charge in [-0.05, 0) is 50.9 Å². The van der Waals surface area contributed by atoms with Gasteiger partial charge in [0.05, 0.1) is 0 Å². The van der Waals surface area contributed by atoms with E-state index in [1.807, 2.05) is 18.7 Å². The third-order valence-electron chi connectivity index (χ3n) is 5.35. The first kappa shape index (κ1) is 17.2. The van der Waals surface area contributed by atoms with Crippen molar-refractivity contribution in [2.75, 3.05) is 26.2 Å². The van der Waals surface area contributed by atoms with E-state index in [0.717, 1.165) is 25.9 Å². The van der Waals surface area contributed by atoms with Crippen molar-refractivity contribution >= 4 is 11.7 Å². The third-order valence-corrected chi connectivity index (χ3v) is 5.35. The van der Waals surface area contributed by atoms with E-state index in [1.165, 1.54) is 25.9 Å². The first-order valence-electron chi connectivity index (χ1n) is 9.24. The Balaban J connectivity index is 1.58. The molecule has 2 heterocycles. The van der Waals surface area contributed by atoms with Gasteiger partial charge in [-0.1, -0.05) is 26.0 Å². The number of piperidine rings is 1. The van der Waals surface area contributed by atoms with Crippen LogP contribution in [0.25, 0.3) is 0 Å². The normalized spacial score (nSPS) is 19.9. The maximum atomic E-state index is 12.7. The molecule has 130 valence electrons. The van der Waals surface area contributed by atoms with Gasteiger partial charge in [-0.2, -0.15) is 0 Å². The Morgan fingerprint density at radius 2 is 1.46 bits per heavy atom. The summed E-state index contributed by atoms with van der Waals surface area (Å²) in [6.07, 6.45) is 4.80. The Morgan fingerprint density at radius 3 is 2.00 bits per heavy atom.